The van der Waals surface area contributed by atoms with E-state index in [1.54, 1.807) is 4.68 Å². The molecule has 94 valence electrons. The Balaban J connectivity index is 2.39. The van der Waals surface area contributed by atoms with E-state index in [0.29, 0.717) is 12.2 Å². The quantitative estimate of drug-likeness (QED) is 0.777. The molecule has 1 heterocycles. The van der Waals surface area contributed by atoms with Crippen molar-refractivity contribution in [3.63, 3.8) is 0 Å². The van der Waals surface area contributed by atoms with Crippen molar-refractivity contribution >= 4 is 6.29 Å². The lowest BCUT2D eigenvalue weighted by atomic mass is 10.2. The largest absolute Gasteiger partial charge is 0.494 e. The number of carbonyl (C=O) groups excluding carboxylic acids is 1. The fourth-order valence-corrected chi connectivity index (χ4v) is 1.93. The third-order valence-electron chi connectivity index (χ3n) is 2.86. The second-order valence-electron chi connectivity index (χ2n) is 4.04. The zero-order valence-corrected chi connectivity index (χ0v) is 10.8. The Labute approximate surface area is 106 Å². The number of carbonyl (C=O) groups is 1. The number of aryl methyl sites for hydroxylation is 1. The van der Waals surface area contributed by atoms with Gasteiger partial charge < -0.3 is 4.74 Å². The predicted octanol–water partition coefficient (Wildman–Crippen LogP) is 2.70. The van der Waals surface area contributed by atoms with Crippen LogP contribution in [0.3, 0.4) is 0 Å². The number of hydrogen-bond acceptors (Lipinski definition) is 3. The first-order valence-corrected chi connectivity index (χ1v) is 5.92. The molecule has 0 amide bonds. The molecular weight excluding hydrogens is 228 g/mol. The molecule has 2 rings (SSSR count). The Morgan fingerprint density at radius 2 is 1.94 bits per heavy atom. The summed E-state index contributed by atoms with van der Waals surface area (Å²) in [6.07, 6.45) is 0.850. The lowest BCUT2D eigenvalue weighted by molar-refractivity contribution is 0.112. The maximum absolute atomic E-state index is 11.0. The van der Waals surface area contributed by atoms with E-state index in [1.165, 1.54) is 0 Å². The average Bonchev–Trinajstić information content (AvgIpc) is 2.66. The minimum absolute atomic E-state index is 0.647. The van der Waals surface area contributed by atoms with Crippen molar-refractivity contribution in [1.82, 2.24) is 9.78 Å². The fourth-order valence-electron chi connectivity index (χ4n) is 1.93. The average molecular weight is 244 g/mol. The molecule has 0 bridgehead atoms. The minimum Gasteiger partial charge on any atom is -0.494 e. The predicted molar refractivity (Wildman–Crippen MR) is 69.6 cm³/mol. The molecule has 0 N–H and O–H groups in total. The van der Waals surface area contributed by atoms with Crippen LogP contribution in [0, 0.1) is 13.8 Å². The van der Waals surface area contributed by atoms with Crippen LogP contribution in [-0.2, 0) is 0 Å². The van der Waals surface area contributed by atoms with Gasteiger partial charge in [0.2, 0.25) is 0 Å². The molecule has 1 aromatic carbocycles. The van der Waals surface area contributed by atoms with Gasteiger partial charge in [0.1, 0.15) is 5.75 Å². The molecule has 0 saturated heterocycles. The van der Waals surface area contributed by atoms with Crippen LogP contribution >= 0.6 is 0 Å². The van der Waals surface area contributed by atoms with Gasteiger partial charge in [0.15, 0.2) is 6.29 Å². The zero-order chi connectivity index (χ0) is 13.1. The van der Waals surface area contributed by atoms with E-state index in [2.05, 4.69) is 5.10 Å². The molecule has 2 aromatic rings. The minimum atomic E-state index is 0.647. The van der Waals surface area contributed by atoms with Gasteiger partial charge in [-0.25, -0.2) is 4.68 Å². The van der Waals surface area contributed by atoms with Crippen LogP contribution in [0.4, 0.5) is 0 Å². The van der Waals surface area contributed by atoms with Crippen molar-refractivity contribution in [2.45, 2.75) is 20.8 Å². The van der Waals surface area contributed by atoms with Gasteiger partial charge in [-0.3, -0.25) is 4.79 Å². The summed E-state index contributed by atoms with van der Waals surface area (Å²) in [6, 6.07) is 7.66. The summed E-state index contributed by atoms with van der Waals surface area (Å²) in [5.74, 6) is 0.832. The van der Waals surface area contributed by atoms with Crippen molar-refractivity contribution in [2.24, 2.45) is 0 Å². The van der Waals surface area contributed by atoms with Gasteiger partial charge in [0, 0.05) is 0 Å². The fraction of sp³-hybridized carbons (Fsp3) is 0.286. The van der Waals surface area contributed by atoms with Crippen LogP contribution in [0.1, 0.15) is 28.7 Å². The van der Waals surface area contributed by atoms with Gasteiger partial charge >= 0.3 is 0 Å². The number of aromatic nitrogens is 2. The van der Waals surface area contributed by atoms with Gasteiger partial charge in [-0.2, -0.15) is 5.10 Å². The van der Waals surface area contributed by atoms with Crippen LogP contribution in [0.5, 0.6) is 5.75 Å². The third kappa shape index (κ3) is 2.14. The van der Waals surface area contributed by atoms with E-state index in [0.717, 1.165) is 29.1 Å². The highest BCUT2D eigenvalue weighted by molar-refractivity contribution is 5.78. The molecule has 0 aliphatic heterocycles. The summed E-state index contributed by atoms with van der Waals surface area (Å²) in [5.41, 5.74) is 3.18. The Kier molecular flexibility index (Phi) is 3.46. The highest BCUT2D eigenvalue weighted by Crippen LogP contribution is 2.19. The number of aldehydes is 1. The first kappa shape index (κ1) is 12.4. The first-order chi connectivity index (χ1) is 8.67. The molecule has 1 aromatic heterocycles. The van der Waals surface area contributed by atoms with Crippen LogP contribution < -0.4 is 4.74 Å². The van der Waals surface area contributed by atoms with Crippen LogP contribution in [-0.4, -0.2) is 22.7 Å². The third-order valence-corrected chi connectivity index (χ3v) is 2.86. The summed E-state index contributed by atoms with van der Waals surface area (Å²) in [7, 11) is 0. The van der Waals surface area contributed by atoms with Gasteiger partial charge in [0.05, 0.1) is 29.2 Å². The smallest absolute Gasteiger partial charge is 0.153 e. The van der Waals surface area contributed by atoms with Gasteiger partial charge in [-0.05, 0) is 45.0 Å². The number of ether oxygens (including phenoxy) is 1. The summed E-state index contributed by atoms with van der Waals surface area (Å²) >= 11 is 0. The first-order valence-electron chi connectivity index (χ1n) is 5.92. The number of benzene rings is 1. The summed E-state index contributed by atoms with van der Waals surface area (Å²) in [6.45, 7) is 6.32. The van der Waals surface area contributed by atoms with Crippen LogP contribution in [0.15, 0.2) is 24.3 Å². The summed E-state index contributed by atoms with van der Waals surface area (Å²) in [4.78, 5) is 11.0. The van der Waals surface area contributed by atoms with E-state index in [4.69, 9.17) is 4.74 Å². The maximum atomic E-state index is 11.0. The lowest BCUT2D eigenvalue weighted by Crippen LogP contribution is -2.00. The van der Waals surface area contributed by atoms with E-state index < -0.39 is 0 Å². The maximum Gasteiger partial charge on any atom is 0.153 e. The van der Waals surface area contributed by atoms with Crippen LogP contribution in [0.2, 0.25) is 0 Å². The lowest BCUT2D eigenvalue weighted by Gasteiger charge is -2.06. The highest BCUT2D eigenvalue weighted by Gasteiger charge is 2.11. The normalized spacial score (nSPS) is 10.4. The molecule has 0 aliphatic rings. The second kappa shape index (κ2) is 5.04. The van der Waals surface area contributed by atoms with Crippen molar-refractivity contribution in [1.29, 1.82) is 0 Å². The van der Waals surface area contributed by atoms with Crippen molar-refractivity contribution in [3.8, 4) is 11.4 Å². The van der Waals surface area contributed by atoms with Gasteiger partial charge in [0.25, 0.3) is 0 Å². The van der Waals surface area contributed by atoms with E-state index >= 15 is 0 Å². The van der Waals surface area contributed by atoms with E-state index in [1.807, 2.05) is 45.0 Å². The molecule has 4 heteroatoms. The van der Waals surface area contributed by atoms with Gasteiger partial charge in [-0.15, -0.1) is 0 Å². The molecule has 18 heavy (non-hydrogen) atoms. The molecule has 0 atom stereocenters. The van der Waals surface area contributed by atoms with Crippen molar-refractivity contribution in [2.75, 3.05) is 6.61 Å². The Bertz CT molecular complexity index is 556. The number of nitrogens with zero attached hydrogens (tertiary/aromatic N) is 2. The Morgan fingerprint density at radius 1 is 1.28 bits per heavy atom. The molecular formula is C14H16N2O2. The van der Waals surface area contributed by atoms with Crippen molar-refractivity contribution < 1.29 is 9.53 Å². The van der Waals surface area contributed by atoms with Crippen molar-refractivity contribution in [3.05, 3.63) is 41.2 Å². The SMILES string of the molecule is CCOc1ccc(-n2nc(C)c(C=O)c2C)cc1. The number of rotatable bonds is 4. The summed E-state index contributed by atoms with van der Waals surface area (Å²) < 4.78 is 7.16. The molecule has 4 nitrogen and oxygen atoms in total. The summed E-state index contributed by atoms with van der Waals surface area (Å²) in [5, 5.41) is 4.37. The number of hydrogen-bond donors (Lipinski definition) is 0. The molecule has 0 radical (unpaired) electrons. The van der Waals surface area contributed by atoms with Gasteiger partial charge in [-0.1, -0.05) is 0 Å². The zero-order valence-electron chi connectivity index (χ0n) is 10.8. The van der Waals surface area contributed by atoms with E-state index in [-0.39, 0.29) is 0 Å². The molecule has 0 unspecified atom stereocenters. The monoisotopic (exact) mass is 244 g/mol. The van der Waals surface area contributed by atoms with Crippen LogP contribution in [0.25, 0.3) is 5.69 Å². The van der Waals surface area contributed by atoms with E-state index in [9.17, 15) is 4.79 Å². The standard InChI is InChI=1S/C14H16N2O2/c1-4-18-13-7-5-12(6-8-13)16-11(3)14(9-17)10(2)15-16/h5-9H,4H2,1-3H3. The highest BCUT2D eigenvalue weighted by atomic mass is 16.5. The Hall–Kier alpha value is -2.10. The molecule has 0 spiro atoms. The molecule has 0 saturated carbocycles. The molecule has 0 aliphatic carbocycles. The second-order valence-corrected chi connectivity index (χ2v) is 4.04. The topological polar surface area (TPSA) is 44.1 Å². The Morgan fingerprint density at radius 3 is 2.44 bits per heavy atom. The molecule has 0 fully saturated rings.